The fraction of sp³-hybridized carbons (Fsp3) is 0.500. The van der Waals surface area contributed by atoms with E-state index in [1.54, 1.807) is 12.1 Å². The molecule has 0 spiro atoms. The first-order valence-corrected chi connectivity index (χ1v) is 15.8. The van der Waals surface area contributed by atoms with Crippen molar-refractivity contribution >= 4 is 5.97 Å². The predicted octanol–water partition coefficient (Wildman–Crippen LogP) is 10.4. The SMILES string of the molecule is CCCCCCCCCc1ccc(-c2ccc(-c3ccc(C(=O)OCCCCCCOC(C)C(F)(F)F)cc3)cn2)cc1. The van der Waals surface area contributed by atoms with Crippen LogP contribution in [-0.2, 0) is 15.9 Å². The molecule has 4 nitrogen and oxygen atoms in total. The monoisotopic (exact) mass is 597 g/mol. The van der Waals surface area contributed by atoms with E-state index in [0.717, 1.165) is 42.1 Å². The smallest absolute Gasteiger partial charge is 0.414 e. The van der Waals surface area contributed by atoms with Crippen LogP contribution in [0.4, 0.5) is 13.2 Å². The molecule has 0 saturated carbocycles. The highest BCUT2D eigenvalue weighted by atomic mass is 19.4. The third-order valence-electron chi connectivity index (χ3n) is 7.64. The maximum atomic E-state index is 12.4. The van der Waals surface area contributed by atoms with E-state index in [1.165, 1.54) is 50.5 Å². The topological polar surface area (TPSA) is 48.4 Å². The van der Waals surface area contributed by atoms with Crippen molar-refractivity contribution in [3.05, 3.63) is 78.0 Å². The lowest BCUT2D eigenvalue weighted by Gasteiger charge is -2.16. The van der Waals surface area contributed by atoms with Crippen LogP contribution < -0.4 is 0 Å². The molecule has 0 aliphatic heterocycles. The van der Waals surface area contributed by atoms with Gasteiger partial charge >= 0.3 is 12.1 Å². The van der Waals surface area contributed by atoms with Crippen LogP contribution in [0.2, 0.25) is 0 Å². The van der Waals surface area contributed by atoms with Gasteiger partial charge in [-0.2, -0.15) is 13.2 Å². The van der Waals surface area contributed by atoms with Gasteiger partial charge in [0.15, 0.2) is 6.10 Å². The van der Waals surface area contributed by atoms with E-state index < -0.39 is 18.2 Å². The first kappa shape index (κ1) is 34.3. The first-order chi connectivity index (χ1) is 20.8. The molecule has 0 N–H and O–H groups in total. The standard InChI is InChI=1S/C36H46F3NO3/c1-3-4-5-6-7-8-11-14-29-15-17-31(18-16-29)34-24-23-33(27-40-34)30-19-21-32(22-20-30)35(41)43-26-13-10-9-12-25-42-28(2)36(37,38)39/h15-24,27-28H,3-14,25-26H2,1-2H3. The minimum atomic E-state index is -4.33. The maximum absolute atomic E-state index is 12.4. The molecule has 1 aromatic heterocycles. The Kier molecular flexibility index (Phi) is 14.7. The Morgan fingerprint density at radius 2 is 1.30 bits per heavy atom. The van der Waals surface area contributed by atoms with Crippen LogP contribution in [-0.4, -0.2) is 36.4 Å². The zero-order valence-electron chi connectivity index (χ0n) is 25.6. The Hall–Kier alpha value is -3.19. The zero-order valence-corrected chi connectivity index (χ0v) is 25.6. The molecule has 1 unspecified atom stereocenters. The molecule has 0 amide bonds. The largest absolute Gasteiger partial charge is 0.462 e. The summed E-state index contributed by atoms with van der Waals surface area (Å²) in [6.07, 6.45) is 8.79. The van der Waals surface area contributed by atoms with Crippen LogP contribution in [0.25, 0.3) is 22.4 Å². The number of halogens is 3. The van der Waals surface area contributed by atoms with Gasteiger partial charge in [-0.05, 0) is 68.4 Å². The summed E-state index contributed by atoms with van der Waals surface area (Å²) in [4.78, 5) is 17.1. The van der Waals surface area contributed by atoms with Gasteiger partial charge in [0.25, 0.3) is 0 Å². The lowest BCUT2D eigenvalue weighted by molar-refractivity contribution is -0.214. The summed E-state index contributed by atoms with van der Waals surface area (Å²) in [6, 6.07) is 20.0. The number of ether oxygens (including phenoxy) is 2. The van der Waals surface area contributed by atoms with Crippen molar-refractivity contribution in [1.82, 2.24) is 4.98 Å². The summed E-state index contributed by atoms with van der Waals surface area (Å²) in [5.74, 6) is -0.391. The van der Waals surface area contributed by atoms with Crippen molar-refractivity contribution in [2.45, 2.75) is 103 Å². The second-order valence-corrected chi connectivity index (χ2v) is 11.2. The number of carbonyl (C=O) groups excluding carboxylic acids is 1. The number of unbranched alkanes of at least 4 members (excludes halogenated alkanes) is 9. The molecule has 2 aromatic carbocycles. The van der Waals surface area contributed by atoms with Crippen molar-refractivity contribution in [1.29, 1.82) is 0 Å². The highest BCUT2D eigenvalue weighted by molar-refractivity contribution is 5.90. The van der Waals surface area contributed by atoms with Gasteiger partial charge in [0, 0.05) is 23.9 Å². The number of hydrogen-bond donors (Lipinski definition) is 0. The molecule has 1 atom stereocenters. The van der Waals surface area contributed by atoms with E-state index in [-0.39, 0.29) is 13.2 Å². The number of rotatable bonds is 19. The molecular formula is C36H46F3NO3. The summed E-state index contributed by atoms with van der Waals surface area (Å²) >= 11 is 0. The molecule has 234 valence electrons. The number of nitrogens with zero attached hydrogens (tertiary/aromatic N) is 1. The van der Waals surface area contributed by atoms with Crippen molar-refractivity contribution < 1.29 is 27.4 Å². The van der Waals surface area contributed by atoms with Gasteiger partial charge in [-0.3, -0.25) is 4.98 Å². The van der Waals surface area contributed by atoms with Crippen molar-refractivity contribution in [2.24, 2.45) is 0 Å². The van der Waals surface area contributed by atoms with Gasteiger partial charge in [0.2, 0.25) is 0 Å². The van der Waals surface area contributed by atoms with Crippen LogP contribution >= 0.6 is 0 Å². The van der Waals surface area contributed by atoms with E-state index in [2.05, 4.69) is 36.2 Å². The van der Waals surface area contributed by atoms with Gasteiger partial charge in [0.1, 0.15) is 0 Å². The van der Waals surface area contributed by atoms with E-state index in [4.69, 9.17) is 9.47 Å². The van der Waals surface area contributed by atoms with E-state index in [9.17, 15) is 18.0 Å². The van der Waals surface area contributed by atoms with Gasteiger partial charge in [-0.25, -0.2) is 4.79 Å². The molecule has 0 fully saturated rings. The van der Waals surface area contributed by atoms with Crippen LogP contribution in [0.3, 0.4) is 0 Å². The molecule has 0 radical (unpaired) electrons. The molecule has 0 aliphatic rings. The fourth-order valence-electron chi connectivity index (χ4n) is 4.82. The van der Waals surface area contributed by atoms with Crippen LogP contribution in [0, 0.1) is 0 Å². The van der Waals surface area contributed by atoms with E-state index >= 15 is 0 Å². The Bertz CT molecular complexity index is 1190. The highest BCUT2D eigenvalue weighted by Gasteiger charge is 2.36. The first-order valence-electron chi connectivity index (χ1n) is 15.8. The van der Waals surface area contributed by atoms with E-state index in [1.807, 2.05) is 30.5 Å². The number of alkyl halides is 3. The second kappa shape index (κ2) is 18.5. The molecule has 3 rings (SSSR count). The number of esters is 1. The minimum absolute atomic E-state index is 0.0670. The third-order valence-corrected chi connectivity index (χ3v) is 7.64. The Labute approximate surface area is 255 Å². The number of hydrogen-bond acceptors (Lipinski definition) is 4. The molecule has 1 heterocycles. The van der Waals surface area contributed by atoms with Crippen LogP contribution in [0.1, 0.15) is 100 Å². The molecule has 43 heavy (non-hydrogen) atoms. The highest BCUT2D eigenvalue weighted by Crippen LogP contribution is 2.25. The van der Waals surface area contributed by atoms with Crippen molar-refractivity contribution in [3.63, 3.8) is 0 Å². The normalized spacial score (nSPS) is 12.3. The lowest BCUT2D eigenvalue weighted by Crippen LogP contribution is -2.28. The number of aromatic nitrogens is 1. The summed E-state index contributed by atoms with van der Waals surface area (Å²) in [5, 5.41) is 0. The minimum Gasteiger partial charge on any atom is -0.462 e. The fourth-order valence-corrected chi connectivity index (χ4v) is 4.82. The molecule has 3 aromatic rings. The zero-order chi connectivity index (χ0) is 30.9. The lowest BCUT2D eigenvalue weighted by atomic mass is 10.0. The number of benzene rings is 2. The van der Waals surface area contributed by atoms with Gasteiger partial charge in [-0.1, -0.05) is 94.3 Å². The number of carbonyl (C=O) groups is 1. The van der Waals surface area contributed by atoms with Gasteiger partial charge < -0.3 is 9.47 Å². The van der Waals surface area contributed by atoms with E-state index in [0.29, 0.717) is 24.8 Å². The van der Waals surface area contributed by atoms with Crippen molar-refractivity contribution in [3.8, 4) is 22.4 Å². The number of pyridine rings is 1. The third kappa shape index (κ3) is 12.5. The quantitative estimate of drug-likeness (QED) is 0.102. The Balaban J connectivity index is 1.36. The Morgan fingerprint density at radius 1 is 0.721 bits per heavy atom. The molecule has 0 saturated heterocycles. The summed E-state index contributed by atoms with van der Waals surface area (Å²) in [5.41, 5.74) is 5.79. The average Bonchev–Trinajstić information content (AvgIpc) is 3.01. The Morgan fingerprint density at radius 3 is 1.93 bits per heavy atom. The van der Waals surface area contributed by atoms with Crippen LogP contribution in [0.5, 0.6) is 0 Å². The molecule has 0 aliphatic carbocycles. The maximum Gasteiger partial charge on any atom is 0.414 e. The summed E-state index contributed by atoms with van der Waals surface area (Å²) < 4.78 is 47.4. The molecule has 0 bridgehead atoms. The molecular weight excluding hydrogens is 551 g/mol. The number of aryl methyl sites for hydroxylation is 1. The summed E-state index contributed by atoms with van der Waals surface area (Å²) in [7, 11) is 0. The van der Waals surface area contributed by atoms with Gasteiger partial charge in [-0.15, -0.1) is 0 Å². The van der Waals surface area contributed by atoms with Crippen LogP contribution in [0.15, 0.2) is 66.9 Å². The summed E-state index contributed by atoms with van der Waals surface area (Å²) in [6.45, 7) is 3.60. The average molecular weight is 598 g/mol. The van der Waals surface area contributed by atoms with Crippen molar-refractivity contribution in [2.75, 3.05) is 13.2 Å². The van der Waals surface area contributed by atoms with Gasteiger partial charge in [0.05, 0.1) is 17.9 Å². The molecule has 7 heteroatoms. The second-order valence-electron chi connectivity index (χ2n) is 11.2. The predicted molar refractivity (Wildman–Crippen MR) is 167 cm³/mol.